The third-order valence-electron chi connectivity index (χ3n) is 3.66. The number of ether oxygens (including phenoxy) is 2. The van der Waals surface area contributed by atoms with Gasteiger partial charge in [-0.15, -0.1) is 0 Å². The molecule has 0 spiro atoms. The molecule has 5 heteroatoms. The number of nitrogens with one attached hydrogen (secondary N) is 1. The Balaban J connectivity index is 2.03. The molecule has 1 saturated heterocycles. The van der Waals surface area contributed by atoms with Gasteiger partial charge >= 0.3 is 0 Å². The van der Waals surface area contributed by atoms with Crippen molar-refractivity contribution < 1.29 is 18.3 Å². The number of halogens is 2. The Bertz CT molecular complexity index is 413. The molecule has 0 saturated carbocycles. The average Bonchev–Trinajstić information content (AvgIpc) is 2.86. The van der Waals surface area contributed by atoms with E-state index in [9.17, 15) is 8.78 Å². The molecule has 106 valence electrons. The maximum atomic E-state index is 13.6. The Morgan fingerprint density at radius 3 is 2.63 bits per heavy atom. The molecular formula is C14H19F2NO2. The SMILES string of the molecule is COC1(CNC(C)c2c(F)cccc2F)CCOC1. The zero-order valence-electron chi connectivity index (χ0n) is 11.2. The number of hydrogen-bond acceptors (Lipinski definition) is 3. The zero-order valence-corrected chi connectivity index (χ0v) is 11.2. The van der Waals surface area contributed by atoms with Crippen molar-refractivity contribution in [3.63, 3.8) is 0 Å². The van der Waals surface area contributed by atoms with Gasteiger partial charge in [-0.1, -0.05) is 6.07 Å². The summed E-state index contributed by atoms with van der Waals surface area (Å²) >= 11 is 0. The maximum absolute atomic E-state index is 13.6. The van der Waals surface area contributed by atoms with E-state index in [1.165, 1.54) is 18.2 Å². The van der Waals surface area contributed by atoms with Gasteiger partial charge in [0.15, 0.2) is 0 Å². The molecule has 0 aromatic heterocycles. The largest absolute Gasteiger partial charge is 0.378 e. The predicted molar refractivity (Wildman–Crippen MR) is 68.0 cm³/mol. The highest BCUT2D eigenvalue weighted by Crippen LogP contribution is 2.24. The van der Waals surface area contributed by atoms with Crippen LogP contribution in [-0.2, 0) is 9.47 Å². The normalized spacial score (nSPS) is 24.6. The van der Waals surface area contributed by atoms with Crippen molar-refractivity contribution in [1.29, 1.82) is 0 Å². The van der Waals surface area contributed by atoms with E-state index in [1.807, 2.05) is 0 Å². The highest BCUT2D eigenvalue weighted by molar-refractivity contribution is 5.22. The smallest absolute Gasteiger partial charge is 0.130 e. The van der Waals surface area contributed by atoms with Crippen molar-refractivity contribution in [2.75, 3.05) is 26.9 Å². The van der Waals surface area contributed by atoms with Crippen LogP contribution in [-0.4, -0.2) is 32.5 Å². The van der Waals surface area contributed by atoms with Gasteiger partial charge < -0.3 is 14.8 Å². The van der Waals surface area contributed by atoms with Crippen LogP contribution in [0.15, 0.2) is 18.2 Å². The lowest BCUT2D eigenvalue weighted by Gasteiger charge is -2.28. The second kappa shape index (κ2) is 5.94. The standard InChI is InChI=1S/C14H19F2NO2/c1-10(13-11(15)4-3-5-12(13)16)17-8-14(18-2)6-7-19-9-14/h3-5,10,17H,6-9H2,1-2H3. The summed E-state index contributed by atoms with van der Waals surface area (Å²) in [6.45, 7) is 3.39. The quantitative estimate of drug-likeness (QED) is 0.892. The fourth-order valence-electron chi connectivity index (χ4n) is 2.33. The molecule has 1 aliphatic heterocycles. The van der Waals surface area contributed by atoms with Crippen LogP contribution in [0, 0.1) is 11.6 Å². The Morgan fingerprint density at radius 2 is 2.11 bits per heavy atom. The summed E-state index contributed by atoms with van der Waals surface area (Å²) in [6, 6.07) is 3.47. The highest BCUT2D eigenvalue weighted by atomic mass is 19.1. The maximum Gasteiger partial charge on any atom is 0.130 e. The van der Waals surface area contributed by atoms with Crippen LogP contribution in [0.1, 0.15) is 24.9 Å². The number of rotatable bonds is 5. The van der Waals surface area contributed by atoms with E-state index in [1.54, 1.807) is 14.0 Å². The molecule has 3 nitrogen and oxygen atoms in total. The van der Waals surface area contributed by atoms with E-state index >= 15 is 0 Å². The van der Waals surface area contributed by atoms with Crippen molar-refractivity contribution >= 4 is 0 Å². The first-order valence-corrected chi connectivity index (χ1v) is 6.38. The number of benzene rings is 1. The Labute approximate surface area is 111 Å². The molecule has 1 fully saturated rings. The van der Waals surface area contributed by atoms with Crippen molar-refractivity contribution in [1.82, 2.24) is 5.32 Å². The van der Waals surface area contributed by atoms with Gasteiger partial charge in [0.1, 0.15) is 17.2 Å². The number of hydrogen-bond donors (Lipinski definition) is 1. The van der Waals surface area contributed by atoms with Gasteiger partial charge in [0, 0.05) is 38.3 Å². The first-order chi connectivity index (χ1) is 9.08. The molecule has 1 heterocycles. The van der Waals surface area contributed by atoms with Crippen molar-refractivity contribution in [3.05, 3.63) is 35.4 Å². The van der Waals surface area contributed by atoms with Crippen LogP contribution in [0.4, 0.5) is 8.78 Å². The van der Waals surface area contributed by atoms with Gasteiger partial charge in [-0.2, -0.15) is 0 Å². The van der Waals surface area contributed by atoms with Gasteiger partial charge in [0.2, 0.25) is 0 Å². The minimum atomic E-state index is -0.533. The summed E-state index contributed by atoms with van der Waals surface area (Å²) in [5.41, 5.74) is -0.330. The summed E-state index contributed by atoms with van der Waals surface area (Å²) in [4.78, 5) is 0. The molecule has 1 aromatic rings. The first-order valence-electron chi connectivity index (χ1n) is 6.38. The Hall–Kier alpha value is -1.04. The molecule has 1 aromatic carbocycles. The summed E-state index contributed by atoms with van der Waals surface area (Å²) in [6.07, 6.45) is 0.781. The van der Waals surface area contributed by atoms with E-state index < -0.39 is 23.3 Å². The molecule has 0 amide bonds. The fraction of sp³-hybridized carbons (Fsp3) is 0.571. The van der Waals surface area contributed by atoms with Crippen molar-refractivity contribution in [2.24, 2.45) is 0 Å². The van der Waals surface area contributed by atoms with E-state index in [0.717, 1.165) is 6.42 Å². The van der Waals surface area contributed by atoms with E-state index in [0.29, 0.717) is 19.8 Å². The number of methoxy groups -OCH3 is 1. The average molecular weight is 271 g/mol. The van der Waals surface area contributed by atoms with E-state index in [4.69, 9.17) is 9.47 Å². The van der Waals surface area contributed by atoms with Crippen LogP contribution in [0.5, 0.6) is 0 Å². The molecule has 19 heavy (non-hydrogen) atoms. The molecule has 2 rings (SSSR count). The molecule has 0 radical (unpaired) electrons. The lowest BCUT2D eigenvalue weighted by atomic mass is 10.0. The van der Waals surface area contributed by atoms with E-state index in [-0.39, 0.29) is 5.56 Å². The molecular weight excluding hydrogens is 252 g/mol. The Morgan fingerprint density at radius 1 is 1.42 bits per heavy atom. The van der Waals surface area contributed by atoms with Gasteiger partial charge in [-0.05, 0) is 19.1 Å². The fourth-order valence-corrected chi connectivity index (χ4v) is 2.33. The molecule has 2 unspecified atom stereocenters. The second-order valence-electron chi connectivity index (χ2n) is 4.93. The summed E-state index contributed by atoms with van der Waals surface area (Å²) in [5.74, 6) is -1.07. The highest BCUT2D eigenvalue weighted by Gasteiger charge is 2.35. The monoisotopic (exact) mass is 271 g/mol. The van der Waals surface area contributed by atoms with Crippen molar-refractivity contribution in [3.8, 4) is 0 Å². The third kappa shape index (κ3) is 3.11. The van der Waals surface area contributed by atoms with Crippen molar-refractivity contribution in [2.45, 2.75) is 25.0 Å². The van der Waals surface area contributed by atoms with Crippen LogP contribution >= 0.6 is 0 Å². The minimum absolute atomic E-state index is 0.0627. The van der Waals surface area contributed by atoms with Crippen LogP contribution in [0.3, 0.4) is 0 Å². The summed E-state index contributed by atoms with van der Waals surface area (Å²) < 4.78 is 38.1. The lowest BCUT2D eigenvalue weighted by Crippen LogP contribution is -2.43. The molecule has 1 N–H and O–H groups in total. The molecule has 0 bridgehead atoms. The van der Waals surface area contributed by atoms with Gasteiger partial charge in [-0.25, -0.2) is 8.78 Å². The van der Waals surface area contributed by atoms with Gasteiger partial charge in [0.25, 0.3) is 0 Å². The zero-order chi connectivity index (χ0) is 13.9. The van der Waals surface area contributed by atoms with Crippen LogP contribution in [0.2, 0.25) is 0 Å². The molecule has 1 aliphatic rings. The van der Waals surface area contributed by atoms with E-state index in [2.05, 4.69) is 5.32 Å². The lowest BCUT2D eigenvalue weighted by molar-refractivity contribution is -0.0173. The van der Waals surface area contributed by atoms with Crippen LogP contribution < -0.4 is 5.32 Å². The Kier molecular flexibility index (Phi) is 4.50. The third-order valence-corrected chi connectivity index (χ3v) is 3.66. The summed E-state index contributed by atoms with van der Waals surface area (Å²) in [7, 11) is 1.63. The first kappa shape index (κ1) is 14.4. The molecule has 0 aliphatic carbocycles. The minimum Gasteiger partial charge on any atom is -0.378 e. The summed E-state index contributed by atoms with van der Waals surface area (Å²) in [5, 5.41) is 3.13. The topological polar surface area (TPSA) is 30.5 Å². The van der Waals surface area contributed by atoms with Gasteiger partial charge in [0.05, 0.1) is 6.61 Å². The van der Waals surface area contributed by atoms with Gasteiger partial charge in [-0.3, -0.25) is 0 Å². The molecule has 2 atom stereocenters. The second-order valence-corrected chi connectivity index (χ2v) is 4.93. The predicted octanol–water partition coefficient (Wildman–Crippen LogP) is 2.42. The van der Waals surface area contributed by atoms with Crippen LogP contribution in [0.25, 0.3) is 0 Å².